The van der Waals surface area contributed by atoms with E-state index in [1.165, 1.54) is 0 Å². The van der Waals surface area contributed by atoms with E-state index >= 15 is 0 Å². The Morgan fingerprint density at radius 2 is 1.53 bits per heavy atom. The molecule has 1 rings (SSSR count). The third-order valence-corrected chi connectivity index (χ3v) is 2.87. The summed E-state index contributed by atoms with van der Waals surface area (Å²) in [5.74, 6) is -1.58. The summed E-state index contributed by atoms with van der Waals surface area (Å²) in [6, 6.07) is 1.96. The maximum Gasteiger partial charge on any atom is 0.384 e. The predicted octanol–water partition coefficient (Wildman–Crippen LogP) is 4.66. The molecule has 0 spiro atoms. The van der Waals surface area contributed by atoms with E-state index in [-0.39, 0.29) is 15.1 Å². The number of hydrogen-bond donors (Lipinski definition) is 0. The van der Waals surface area contributed by atoms with Crippen LogP contribution in [0.15, 0.2) is 12.1 Å². The van der Waals surface area contributed by atoms with Crippen LogP contribution < -0.4 is 0 Å². The van der Waals surface area contributed by atoms with Crippen molar-refractivity contribution in [3.63, 3.8) is 0 Å². The molecule has 0 saturated heterocycles. The van der Waals surface area contributed by atoms with Crippen LogP contribution in [-0.2, 0) is 0 Å². The maximum absolute atomic E-state index is 12.5. The fraction of sp³-hybridized carbons (Fsp3) is 0.125. The molecule has 0 bridgehead atoms. The quantitative estimate of drug-likeness (QED) is 0.440. The summed E-state index contributed by atoms with van der Waals surface area (Å²) >= 11 is 21.2. The van der Waals surface area contributed by atoms with Crippen LogP contribution in [0.2, 0.25) is 15.1 Å². The average molecular weight is 294 g/mol. The van der Waals surface area contributed by atoms with Crippen molar-refractivity contribution < 1.29 is 13.6 Å². The Bertz CT molecular complexity index is 391. The summed E-state index contributed by atoms with van der Waals surface area (Å²) in [4.78, 5) is 11.0. The lowest BCUT2D eigenvalue weighted by atomic mass is 10.1. The van der Waals surface area contributed by atoms with Gasteiger partial charge in [0.05, 0.1) is 15.1 Å². The third kappa shape index (κ3) is 2.94. The molecule has 1 aromatic rings. The highest BCUT2D eigenvalue weighted by Crippen LogP contribution is 2.33. The SMILES string of the molecule is O=C(c1cc(Cl)c(Cl)c(Cl)c1)C(F)(F)Cl. The number of Topliss-reactive ketones (excluding diaryl/α,β-unsaturated/α-hetero) is 1. The van der Waals surface area contributed by atoms with Crippen molar-refractivity contribution in [2.75, 3.05) is 0 Å². The van der Waals surface area contributed by atoms with Crippen LogP contribution in [0.1, 0.15) is 10.4 Å². The zero-order valence-corrected chi connectivity index (χ0v) is 9.85. The average Bonchev–Trinajstić information content (AvgIpc) is 2.10. The summed E-state index contributed by atoms with van der Waals surface area (Å²) < 4.78 is 24.9. The van der Waals surface area contributed by atoms with Crippen molar-refractivity contribution >= 4 is 52.2 Å². The van der Waals surface area contributed by atoms with Gasteiger partial charge >= 0.3 is 5.38 Å². The molecule has 0 N–H and O–H groups in total. The Balaban J connectivity index is 3.24. The first kappa shape index (κ1) is 13.0. The van der Waals surface area contributed by atoms with Crippen LogP contribution >= 0.6 is 46.4 Å². The minimum Gasteiger partial charge on any atom is -0.286 e. The largest absolute Gasteiger partial charge is 0.384 e. The van der Waals surface area contributed by atoms with E-state index in [9.17, 15) is 13.6 Å². The van der Waals surface area contributed by atoms with Crippen molar-refractivity contribution in [3.8, 4) is 0 Å². The smallest absolute Gasteiger partial charge is 0.286 e. The first-order valence-corrected chi connectivity index (χ1v) is 5.00. The molecule has 0 amide bonds. The minimum absolute atomic E-state index is 0.00669. The molecule has 1 nitrogen and oxygen atoms in total. The van der Waals surface area contributed by atoms with Gasteiger partial charge in [0.15, 0.2) is 0 Å². The predicted molar refractivity (Wildman–Crippen MR) is 56.6 cm³/mol. The molecule has 7 heteroatoms. The molecule has 0 aliphatic heterocycles. The van der Waals surface area contributed by atoms with Gasteiger partial charge < -0.3 is 0 Å². The van der Waals surface area contributed by atoms with Gasteiger partial charge in [-0.15, -0.1) is 0 Å². The molecule has 82 valence electrons. The zero-order valence-electron chi connectivity index (χ0n) is 6.83. The Kier molecular flexibility index (Phi) is 3.82. The van der Waals surface area contributed by atoms with Crippen LogP contribution in [0.25, 0.3) is 0 Å². The Labute approximate surface area is 104 Å². The summed E-state index contributed by atoms with van der Waals surface area (Å²) in [7, 11) is 0. The van der Waals surface area contributed by atoms with Crippen molar-refractivity contribution in [2.45, 2.75) is 5.38 Å². The second-order valence-corrected chi connectivity index (χ2v) is 4.25. The molecule has 0 heterocycles. The molecule has 0 saturated carbocycles. The van der Waals surface area contributed by atoms with E-state index in [2.05, 4.69) is 11.6 Å². The van der Waals surface area contributed by atoms with Crippen molar-refractivity contribution in [2.24, 2.45) is 0 Å². The van der Waals surface area contributed by atoms with E-state index in [4.69, 9.17) is 34.8 Å². The molecule has 15 heavy (non-hydrogen) atoms. The van der Waals surface area contributed by atoms with Crippen molar-refractivity contribution in [3.05, 3.63) is 32.8 Å². The standard InChI is InChI=1S/C8H2Cl4F2O/c9-4-1-3(2-5(10)6(4)11)7(15)8(12,13)14/h1-2H. The molecule has 0 radical (unpaired) electrons. The van der Waals surface area contributed by atoms with E-state index in [1.54, 1.807) is 0 Å². The maximum atomic E-state index is 12.5. The fourth-order valence-electron chi connectivity index (χ4n) is 0.850. The van der Waals surface area contributed by atoms with Crippen molar-refractivity contribution in [1.82, 2.24) is 0 Å². The fourth-order valence-corrected chi connectivity index (χ4v) is 1.56. The van der Waals surface area contributed by atoms with Gasteiger partial charge in [-0.2, -0.15) is 8.78 Å². The molecule has 0 fully saturated rings. The number of rotatable bonds is 2. The number of carbonyl (C=O) groups is 1. The Morgan fingerprint density at radius 3 is 1.87 bits per heavy atom. The lowest BCUT2D eigenvalue weighted by Crippen LogP contribution is -2.21. The van der Waals surface area contributed by atoms with Gasteiger partial charge in [-0.25, -0.2) is 0 Å². The van der Waals surface area contributed by atoms with Gasteiger partial charge in [0.25, 0.3) is 0 Å². The van der Waals surface area contributed by atoms with Crippen LogP contribution in [0.3, 0.4) is 0 Å². The normalized spacial score (nSPS) is 11.6. The van der Waals surface area contributed by atoms with Crippen LogP contribution in [0.5, 0.6) is 0 Å². The molecule has 0 aliphatic carbocycles. The molecule has 0 atom stereocenters. The summed E-state index contributed by atoms with van der Waals surface area (Å²) in [6.45, 7) is 0. The third-order valence-electron chi connectivity index (χ3n) is 1.50. The molecule has 1 aromatic carbocycles. The van der Waals surface area contributed by atoms with Gasteiger partial charge in [-0.05, 0) is 23.7 Å². The number of carbonyl (C=O) groups excluding carboxylic acids is 1. The number of hydrogen-bond acceptors (Lipinski definition) is 1. The molecular weight excluding hydrogens is 292 g/mol. The van der Waals surface area contributed by atoms with Gasteiger partial charge in [0.1, 0.15) is 0 Å². The minimum atomic E-state index is -3.99. The van der Waals surface area contributed by atoms with Gasteiger partial charge in [-0.1, -0.05) is 34.8 Å². The number of alkyl halides is 3. The van der Waals surface area contributed by atoms with Gasteiger partial charge in [0, 0.05) is 5.56 Å². The highest BCUT2D eigenvalue weighted by molar-refractivity contribution is 6.48. The Hall–Kier alpha value is -0.0900. The van der Waals surface area contributed by atoms with E-state index in [1.807, 2.05) is 0 Å². The first-order chi connectivity index (χ1) is 6.73. The number of halogens is 6. The van der Waals surface area contributed by atoms with E-state index < -0.39 is 16.7 Å². The van der Waals surface area contributed by atoms with Gasteiger partial charge in [-0.3, -0.25) is 4.79 Å². The van der Waals surface area contributed by atoms with Gasteiger partial charge in [0.2, 0.25) is 5.78 Å². The van der Waals surface area contributed by atoms with E-state index in [0.29, 0.717) is 0 Å². The first-order valence-electron chi connectivity index (χ1n) is 3.49. The number of ketones is 1. The highest BCUT2D eigenvalue weighted by Gasteiger charge is 2.37. The zero-order chi connectivity index (χ0) is 11.8. The number of benzene rings is 1. The Morgan fingerprint density at radius 1 is 1.13 bits per heavy atom. The molecule has 0 aliphatic rings. The van der Waals surface area contributed by atoms with E-state index in [0.717, 1.165) is 12.1 Å². The topological polar surface area (TPSA) is 17.1 Å². The molecule has 0 aromatic heterocycles. The monoisotopic (exact) mass is 292 g/mol. The van der Waals surface area contributed by atoms with Crippen LogP contribution in [-0.4, -0.2) is 11.2 Å². The van der Waals surface area contributed by atoms with Crippen LogP contribution in [0, 0.1) is 0 Å². The summed E-state index contributed by atoms with van der Waals surface area (Å²) in [5, 5.41) is -4.17. The lowest BCUT2D eigenvalue weighted by Gasteiger charge is -2.08. The summed E-state index contributed by atoms with van der Waals surface area (Å²) in [6.07, 6.45) is 0. The van der Waals surface area contributed by atoms with Crippen LogP contribution in [0.4, 0.5) is 8.78 Å². The molecular formula is C8H2Cl4F2O. The second-order valence-electron chi connectivity index (χ2n) is 2.58. The summed E-state index contributed by atoms with van der Waals surface area (Å²) in [5.41, 5.74) is -0.394. The highest BCUT2D eigenvalue weighted by atomic mass is 35.5. The van der Waals surface area contributed by atoms with Crippen molar-refractivity contribution in [1.29, 1.82) is 0 Å². The molecule has 0 unspecified atom stereocenters. The second kappa shape index (κ2) is 4.42. The lowest BCUT2D eigenvalue weighted by molar-refractivity contribution is 0.0536.